The highest BCUT2D eigenvalue weighted by Gasteiger charge is 2.34. The molecular formula is C14H20FNO2. The summed E-state index contributed by atoms with van der Waals surface area (Å²) in [5.41, 5.74) is 0.253. The zero-order valence-corrected chi connectivity index (χ0v) is 11.1. The quantitative estimate of drug-likeness (QED) is 0.898. The molecule has 1 fully saturated rings. The third-order valence-corrected chi connectivity index (χ3v) is 3.56. The van der Waals surface area contributed by atoms with Crippen LogP contribution in [0.1, 0.15) is 31.9 Å². The lowest BCUT2D eigenvalue weighted by Crippen LogP contribution is -2.48. The van der Waals surface area contributed by atoms with Crippen LogP contribution in [-0.2, 0) is 4.74 Å². The summed E-state index contributed by atoms with van der Waals surface area (Å²) in [7, 11) is 1.55. The van der Waals surface area contributed by atoms with Crippen molar-refractivity contribution in [2.45, 2.75) is 32.0 Å². The summed E-state index contributed by atoms with van der Waals surface area (Å²) >= 11 is 0. The van der Waals surface area contributed by atoms with Crippen LogP contribution in [0.2, 0.25) is 0 Å². The van der Waals surface area contributed by atoms with Crippen LogP contribution in [-0.4, -0.2) is 25.8 Å². The van der Waals surface area contributed by atoms with Crippen molar-refractivity contribution >= 4 is 0 Å². The van der Waals surface area contributed by atoms with Gasteiger partial charge in [-0.1, -0.05) is 13.0 Å². The number of hydrogen-bond donors (Lipinski definition) is 1. The molecule has 4 heteroatoms. The van der Waals surface area contributed by atoms with Gasteiger partial charge in [0.05, 0.1) is 18.3 Å². The Morgan fingerprint density at radius 1 is 1.56 bits per heavy atom. The lowest BCUT2D eigenvalue weighted by Gasteiger charge is -2.39. The maximum Gasteiger partial charge on any atom is 0.132 e. The van der Waals surface area contributed by atoms with Crippen molar-refractivity contribution in [1.82, 2.24) is 5.32 Å². The third kappa shape index (κ3) is 2.49. The van der Waals surface area contributed by atoms with Crippen molar-refractivity contribution in [2.75, 3.05) is 20.2 Å². The Kier molecular flexibility index (Phi) is 3.88. The second-order valence-electron chi connectivity index (χ2n) is 4.90. The first-order chi connectivity index (χ1) is 8.59. The Morgan fingerprint density at radius 2 is 2.33 bits per heavy atom. The van der Waals surface area contributed by atoms with Gasteiger partial charge in [-0.3, -0.25) is 0 Å². The molecule has 1 heterocycles. The lowest BCUT2D eigenvalue weighted by molar-refractivity contribution is -0.110. The van der Waals surface area contributed by atoms with E-state index in [4.69, 9.17) is 9.47 Å². The molecule has 0 radical (unpaired) electrons. The van der Waals surface area contributed by atoms with Crippen LogP contribution in [0.5, 0.6) is 5.75 Å². The van der Waals surface area contributed by atoms with Gasteiger partial charge in [0, 0.05) is 13.1 Å². The van der Waals surface area contributed by atoms with Crippen molar-refractivity contribution in [3.05, 3.63) is 29.6 Å². The van der Waals surface area contributed by atoms with Crippen LogP contribution in [0.3, 0.4) is 0 Å². The minimum absolute atomic E-state index is 0.254. The topological polar surface area (TPSA) is 30.5 Å². The Balaban J connectivity index is 2.31. The highest BCUT2D eigenvalue weighted by molar-refractivity contribution is 5.37. The molecule has 100 valence electrons. The Morgan fingerprint density at radius 3 is 3.00 bits per heavy atom. The number of hydrogen-bond acceptors (Lipinski definition) is 3. The smallest absolute Gasteiger partial charge is 0.132 e. The number of morpholine rings is 1. The first kappa shape index (κ1) is 13.3. The van der Waals surface area contributed by atoms with E-state index < -0.39 is 0 Å². The van der Waals surface area contributed by atoms with Crippen LogP contribution in [0, 0.1) is 5.82 Å². The van der Waals surface area contributed by atoms with Crippen molar-refractivity contribution in [1.29, 1.82) is 0 Å². The predicted molar refractivity (Wildman–Crippen MR) is 68.3 cm³/mol. The predicted octanol–water partition coefficient (Wildman–Crippen LogP) is 2.66. The van der Waals surface area contributed by atoms with Crippen LogP contribution in [0.25, 0.3) is 0 Å². The van der Waals surface area contributed by atoms with Crippen molar-refractivity contribution in [3.8, 4) is 5.75 Å². The third-order valence-electron chi connectivity index (χ3n) is 3.56. The van der Waals surface area contributed by atoms with Gasteiger partial charge in [-0.2, -0.15) is 0 Å². The lowest BCUT2D eigenvalue weighted by atomic mass is 9.98. The fraction of sp³-hybridized carbons (Fsp3) is 0.571. The molecule has 2 atom stereocenters. The van der Waals surface area contributed by atoms with Gasteiger partial charge < -0.3 is 14.8 Å². The van der Waals surface area contributed by atoms with Gasteiger partial charge >= 0.3 is 0 Å². The van der Waals surface area contributed by atoms with E-state index in [9.17, 15) is 4.39 Å². The number of benzene rings is 1. The summed E-state index contributed by atoms with van der Waals surface area (Å²) in [6, 6.07) is 4.85. The molecule has 1 saturated heterocycles. The van der Waals surface area contributed by atoms with E-state index in [0.717, 1.165) is 13.0 Å². The van der Waals surface area contributed by atoms with Gasteiger partial charge in [0.2, 0.25) is 0 Å². The van der Waals surface area contributed by atoms with Crippen LogP contribution >= 0.6 is 0 Å². The first-order valence-corrected chi connectivity index (χ1v) is 6.30. The fourth-order valence-electron chi connectivity index (χ4n) is 2.27. The van der Waals surface area contributed by atoms with Crippen molar-refractivity contribution < 1.29 is 13.9 Å². The van der Waals surface area contributed by atoms with E-state index in [1.54, 1.807) is 19.2 Å². The van der Waals surface area contributed by atoms with Crippen molar-refractivity contribution in [2.24, 2.45) is 0 Å². The molecule has 0 spiro atoms. The van der Waals surface area contributed by atoms with E-state index in [2.05, 4.69) is 12.2 Å². The maximum atomic E-state index is 14.0. The summed E-state index contributed by atoms with van der Waals surface area (Å²) in [5.74, 6) is 0.267. The molecule has 2 rings (SSSR count). The van der Waals surface area contributed by atoms with Crippen molar-refractivity contribution in [3.63, 3.8) is 0 Å². The first-order valence-electron chi connectivity index (χ1n) is 6.30. The normalized spacial score (nSPS) is 28.1. The average Bonchev–Trinajstić information content (AvgIpc) is 2.38. The average molecular weight is 253 g/mol. The zero-order valence-electron chi connectivity index (χ0n) is 11.1. The molecular weight excluding hydrogens is 233 g/mol. The van der Waals surface area contributed by atoms with Gasteiger partial charge in [-0.05, 0) is 25.5 Å². The molecule has 3 nitrogen and oxygen atoms in total. The SMILES string of the molecule is CCC1(C)CNCC(c2c(F)cccc2OC)O1. The summed E-state index contributed by atoms with van der Waals surface area (Å²) < 4.78 is 25.3. The molecule has 0 amide bonds. The monoisotopic (exact) mass is 253 g/mol. The van der Waals surface area contributed by atoms with Gasteiger partial charge in [0.25, 0.3) is 0 Å². The molecule has 1 aromatic rings. The molecule has 2 unspecified atom stereocenters. The Bertz CT molecular complexity index is 424. The van der Waals surface area contributed by atoms with E-state index in [1.807, 2.05) is 6.92 Å². The maximum absolute atomic E-state index is 14.0. The minimum Gasteiger partial charge on any atom is -0.496 e. The fourth-order valence-corrected chi connectivity index (χ4v) is 2.27. The molecule has 1 aliphatic rings. The molecule has 18 heavy (non-hydrogen) atoms. The second kappa shape index (κ2) is 5.24. The summed E-state index contributed by atoms with van der Waals surface area (Å²) in [6.07, 6.45) is 0.577. The standard InChI is InChI=1S/C14H20FNO2/c1-4-14(2)9-16-8-12(18-14)13-10(15)6-5-7-11(13)17-3/h5-7,12,16H,4,8-9H2,1-3H3. The number of rotatable bonds is 3. The Labute approximate surface area is 107 Å². The van der Waals surface area contributed by atoms with E-state index in [0.29, 0.717) is 17.9 Å². The molecule has 0 aliphatic carbocycles. The molecule has 0 bridgehead atoms. The van der Waals surface area contributed by atoms with Crippen LogP contribution in [0.4, 0.5) is 4.39 Å². The minimum atomic E-state index is -0.306. The number of nitrogens with one attached hydrogen (secondary N) is 1. The number of methoxy groups -OCH3 is 1. The van der Waals surface area contributed by atoms with Crippen LogP contribution in [0.15, 0.2) is 18.2 Å². The summed E-state index contributed by atoms with van der Waals surface area (Å²) in [6.45, 7) is 5.51. The van der Waals surface area contributed by atoms with Gasteiger partial charge in [0.1, 0.15) is 17.7 Å². The van der Waals surface area contributed by atoms with Crippen LogP contribution < -0.4 is 10.1 Å². The summed E-state index contributed by atoms with van der Waals surface area (Å²) in [4.78, 5) is 0. The van der Waals surface area contributed by atoms with Gasteiger partial charge in [-0.25, -0.2) is 4.39 Å². The molecule has 0 saturated carbocycles. The highest BCUT2D eigenvalue weighted by atomic mass is 19.1. The summed E-state index contributed by atoms with van der Waals surface area (Å²) in [5, 5.41) is 3.31. The highest BCUT2D eigenvalue weighted by Crippen LogP contribution is 2.35. The molecule has 1 aromatic carbocycles. The zero-order chi connectivity index (χ0) is 13.2. The van der Waals surface area contributed by atoms with Gasteiger partial charge in [0.15, 0.2) is 0 Å². The van der Waals surface area contributed by atoms with E-state index in [1.165, 1.54) is 6.07 Å². The largest absolute Gasteiger partial charge is 0.496 e. The number of halogens is 1. The van der Waals surface area contributed by atoms with E-state index in [-0.39, 0.29) is 17.5 Å². The number of ether oxygens (including phenoxy) is 2. The molecule has 0 aromatic heterocycles. The van der Waals surface area contributed by atoms with Gasteiger partial charge in [-0.15, -0.1) is 0 Å². The van der Waals surface area contributed by atoms with E-state index >= 15 is 0 Å². The second-order valence-corrected chi connectivity index (χ2v) is 4.90. The molecule has 1 N–H and O–H groups in total. The Hall–Kier alpha value is -1.13. The molecule has 1 aliphatic heterocycles.